The Bertz CT molecular complexity index is 414. The van der Waals surface area contributed by atoms with E-state index < -0.39 is 0 Å². The number of urea groups is 1. The Morgan fingerprint density at radius 1 is 1.47 bits per heavy atom. The van der Waals surface area contributed by atoms with Crippen molar-refractivity contribution in [2.24, 2.45) is 0 Å². The monoisotopic (exact) mass is 203 g/mol. The quantitative estimate of drug-likeness (QED) is 0.695. The summed E-state index contributed by atoms with van der Waals surface area (Å²) in [6, 6.07) is 4.52. The number of aromatic nitrogens is 1. The number of pyridine rings is 1. The van der Waals surface area contributed by atoms with E-state index in [0.29, 0.717) is 6.04 Å². The van der Waals surface area contributed by atoms with E-state index in [1.54, 1.807) is 18.1 Å². The number of hydrogen-bond donors (Lipinski definition) is 0. The Kier molecular flexibility index (Phi) is 1.71. The SMILES string of the molecule is CN1C(=O)N(C2CC2)Cc2cccnc21. The third-order valence-corrected chi connectivity index (χ3v) is 3.05. The Balaban J connectivity index is 2.00. The van der Waals surface area contributed by atoms with Gasteiger partial charge in [0.2, 0.25) is 0 Å². The lowest BCUT2D eigenvalue weighted by Crippen LogP contribution is -2.46. The van der Waals surface area contributed by atoms with Crippen molar-refractivity contribution in [3.8, 4) is 0 Å². The smallest absolute Gasteiger partial charge is 0.317 e. The fraction of sp³-hybridized carbons (Fsp3) is 0.455. The van der Waals surface area contributed by atoms with Crippen LogP contribution < -0.4 is 4.90 Å². The second-order valence-electron chi connectivity index (χ2n) is 4.19. The number of carbonyl (C=O) groups excluding carboxylic acids is 1. The lowest BCUT2D eigenvalue weighted by atomic mass is 10.2. The molecule has 78 valence electrons. The lowest BCUT2D eigenvalue weighted by Gasteiger charge is -2.34. The molecule has 15 heavy (non-hydrogen) atoms. The zero-order valence-electron chi connectivity index (χ0n) is 8.68. The standard InChI is InChI=1S/C11H13N3O/c1-13-10-8(3-2-6-12-10)7-14(11(13)15)9-4-5-9/h2-3,6,9H,4-5,7H2,1H3. The van der Waals surface area contributed by atoms with Gasteiger partial charge < -0.3 is 4.90 Å². The summed E-state index contributed by atoms with van der Waals surface area (Å²) >= 11 is 0. The Morgan fingerprint density at radius 2 is 2.27 bits per heavy atom. The molecular weight excluding hydrogens is 190 g/mol. The minimum atomic E-state index is 0.0868. The third-order valence-electron chi connectivity index (χ3n) is 3.05. The first kappa shape index (κ1) is 8.71. The molecule has 4 nitrogen and oxygen atoms in total. The molecule has 0 saturated heterocycles. The second-order valence-corrected chi connectivity index (χ2v) is 4.19. The highest BCUT2D eigenvalue weighted by atomic mass is 16.2. The van der Waals surface area contributed by atoms with Gasteiger partial charge in [-0.3, -0.25) is 4.90 Å². The predicted octanol–water partition coefficient (Wildman–Crippen LogP) is 1.62. The van der Waals surface area contributed by atoms with Crippen LogP contribution in [0.4, 0.5) is 10.6 Å². The predicted molar refractivity (Wildman–Crippen MR) is 56.6 cm³/mol. The van der Waals surface area contributed by atoms with Crippen LogP contribution in [0.3, 0.4) is 0 Å². The van der Waals surface area contributed by atoms with Crippen LogP contribution in [0.15, 0.2) is 18.3 Å². The molecule has 1 saturated carbocycles. The second kappa shape index (κ2) is 2.95. The first-order valence-corrected chi connectivity index (χ1v) is 5.25. The van der Waals surface area contributed by atoms with Gasteiger partial charge in [-0.25, -0.2) is 9.78 Å². The fourth-order valence-electron chi connectivity index (χ4n) is 2.06. The molecule has 1 aromatic rings. The van der Waals surface area contributed by atoms with Crippen LogP contribution in [0.5, 0.6) is 0 Å². The molecule has 2 amide bonds. The molecule has 0 unspecified atom stereocenters. The first-order valence-electron chi connectivity index (χ1n) is 5.25. The molecule has 3 rings (SSSR count). The van der Waals surface area contributed by atoms with Gasteiger partial charge in [-0.2, -0.15) is 0 Å². The molecule has 1 fully saturated rings. The third kappa shape index (κ3) is 1.28. The number of anilines is 1. The normalized spacial score (nSPS) is 20.5. The summed E-state index contributed by atoms with van der Waals surface area (Å²) in [6.07, 6.45) is 4.03. The number of amides is 2. The molecule has 2 heterocycles. The van der Waals surface area contributed by atoms with Crippen LogP contribution in [0.2, 0.25) is 0 Å². The lowest BCUT2D eigenvalue weighted by molar-refractivity contribution is 0.196. The van der Waals surface area contributed by atoms with Gasteiger partial charge in [0.15, 0.2) is 0 Å². The van der Waals surface area contributed by atoms with Crippen molar-refractivity contribution in [3.63, 3.8) is 0 Å². The molecule has 4 heteroatoms. The molecule has 1 aliphatic heterocycles. The average molecular weight is 203 g/mol. The van der Waals surface area contributed by atoms with Crippen LogP contribution in [0.25, 0.3) is 0 Å². The fourth-order valence-corrected chi connectivity index (χ4v) is 2.06. The van der Waals surface area contributed by atoms with E-state index >= 15 is 0 Å². The summed E-state index contributed by atoms with van der Waals surface area (Å²) in [5, 5.41) is 0. The van der Waals surface area contributed by atoms with Crippen LogP contribution in [-0.4, -0.2) is 29.0 Å². The van der Waals surface area contributed by atoms with E-state index in [2.05, 4.69) is 4.98 Å². The highest BCUT2D eigenvalue weighted by Crippen LogP contribution is 2.34. The zero-order chi connectivity index (χ0) is 10.4. The topological polar surface area (TPSA) is 36.4 Å². The van der Waals surface area contributed by atoms with Gasteiger partial charge in [-0.05, 0) is 18.9 Å². The van der Waals surface area contributed by atoms with Crippen molar-refractivity contribution in [1.29, 1.82) is 0 Å². The minimum absolute atomic E-state index is 0.0868. The van der Waals surface area contributed by atoms with Crippen LogP contribution in [0.1, 0.15) is 18.4 Å². The summed E-state index contributed by atoms with van der Waals surface area (Å²) in [5.74, 6) is 0.805. The summed E-state index contributed by atoms with van der Waals surface area (Å²) in [7, 11) is 1.79. The number of hydrogen-bond acceptors (Lipinski definition) is 2. The molecule has 0 N–H and O–H groups in total. The van der Waals surface area contributed by atoms with Crippen molar-refractivity contribution in [2.45, 2.75) is 25.4 Å². The van der Waals surface area contributed by atoms with Crippen molar-refractivity contribution >= 4 is 11.8 Å². The Labute approximate surface area is 88.5 Å². The van der Waals surface area contributed by atoms with Gasteiger partial charge in [-0.1, -0.05) is 6.07 Å². The number of rotatable bonds is 1. The maximum absolute atomic E-state index is 12.0. The largest absolute Gasteiger partial charge is 0.325 e. The van der Waals surface area contributed by atoms with Crippen LogP contribution >= 0.6 is 0 Å². The first-order chi connectivity index (χ1) is 7.27. The molecule has 2 aliphatic rings. The van der Waals surface area contributed by atoms with Gasteiger partial charge >= 0.3 is 6.03 Å². The highest BCUT2D eigenvalue weighted by Gasteiger charge is 2.38. The summed E-state index contributed by atoms with van der Waals surface area (Å²) < 4.78 is 0. The summed E-state index contributed by atoms with van der Waals surface area (Å²) in [6.45, 7) is 0.719. The number of nitrogens with zero attached hydrogens (tertiary/aromatic N) is 3. The van der Waals surface area contributed by atoms with E-state index in [9.17, 15) is 4.79 Å². The Morgan fingerprint density at radius 3 is 3.00 bits per heavy atom. The Hall–Kier alpha value is -1.58. The van der Waals surface area contributed by atoms with E-state index in [4.69, 9.17) is 0 Å². The summed E-state index contributed by atoms with van der Waals surface area (Å²) in [4.78, 5) is 19.8. The average Bonchev–Trinajstić information content (AvgIpc) is 3.07. The van der Waals surface area contributed by atoms with E-state index in [1.807, 2.05) is 17.0 Å². The van der Waals surface area contributed by atoms with Gasteiger partial charge in [-0.15, -0.1) is 0 Å². The van der Waals surface area contributed by atoms with E-state index in [1.165, 1.54) is 0 Å². The molecule has 0 aromatic carbocycles. The maximum Gasteiger partial charge on any atom is 0.325 e. The summed E-state index contributed by atoms with van der Waals surface area (Å²) in [5.41, 5.74) is 1.14. The maximum atomic E-state index is 12.0. The van der Waals surface area contributed by atoms with Crippen molar-refractivity contribution < 1.29 is 4.79 Å². The van der Waals surface area contributed by atoms with Crippen molar-refractivity contribution in [3.05, 3.63) is 23.9 Å². The molecular formula is C11H13N3O. The highest BCUT2D eigenvalue weighted by molar-refractivity contribution is 5.93. The van der Waals surface area contributed by atoms with Gasteiger partial charge in [0.25, 0.3) is 0 Å². The van der Waals surface area contributed by atoms with Gasteiger partial charge in [0, 0.05) is 24.8 Å². The number of carbonyl (C=O) groups is 1. The van der Waals surface area contributed by atoms with E-state index in [0.717, 1.165) is 30.8 Å². The molecule has 1 aromatic heterocycles. The van der Waals surface area contributed by atoms with Crippen LogP contribution in [0, 0.1) is 0 Å². The molecule has 0 atom stereocenters. The van der Waals surface area contributed by atoms with Crippen molar-refractivity contribution in [1.82, 2.24) is 9.88 Å². The van der Waals surface area contributed by atoms with Gasteiger partial charge in [0.05, 0.1) is 6.54 Å². The molecule has 0 spiro atoms. The van der Waals surface area contributed by atoms with Crippen LogP contribution in [-0.2, 0) is 6.54 Å². The number of fused-ring (bicyclic) bond motifs is 1. The molecule has 0 radical (unpaired) electrons. The molecule has 0 bridgehead atoms. The molecule has 1 aliphatic carbocycles. The minimum Gasteiger partial charge on any atom is -0.317 e. The van der Waals surface area contributed by atoms with E-state index in [-0.39, 0.29) is 6.03 Å². The zero-order valence-corrected chi connectivity index (χ0v) is 8.68. The van der Waals surface area contributed by atoms with Gasteiger partial charge in [0.1, 0.15) is 5.82 Å². The van der Waals surface area contributed by atoms with Crippen molar-refractivity contribution in [2.75, 3.05) is 11.9 Å².